The Balaban J connectivity index is 2.97. The molecule has 0 amide bonds. The van der Waals surface area contributed by atoms with Crippen molar-refractivity contribution in [1.82, 2.24) is 0 Å². The Kier molecular flexibility index (Phi) is 4.45. The molecule has 0 aliphatic carbocycles. The Morgan fingerprint density at radius 1 is 1.38 bits per heavy atom. The van der Waals surface area contributed by atoms with E-state index in [2.05, 4.69) is 36.0 Å². The summed E-state index contributed by atoms with van der Waals surface area (Å²) in [6.45, 7) is 0. The van der Waals surface area contributed by atoms with Crippen molar-refractivity contribution in [2.45, 2.75) is 6.42 Å². The molecule has 1 rings (SSSR count). The van der Waals surface area contributed by atoms with Gasteiger partial charge in [-0.1, -0.05) is 34.1 Å². The molecule has 1 aromatic carbocycles. The van der Waals surface area contributed by atoms with Gasteiger partial charge in [-0.15, -0.1) is 0 Å². The Morgan fingerprint density at radius 2 is 2.08 bits per heavy atom. The average molecular weight is 308 g/mol. The molecule has 0 bridgehead atoms. The van der Waals surface area contributed by atoms with Crippen LogP contribution in [0.15, 0.2) is 24.3 Å². The highest BCUT2D eigenvalue weighted by Gasteiger charge is 2.10. The van der Waals surface area contributed by atoms with Crippen LogP contribution in [0.2, 0.25) is 0 Å². The van der Waals surface area contributed by atoms with Crippen molar-refractivity contribution in [3.05, 3.63) is 35.4 Å². The van der Waals surface area contributed by atoms with E-state index in [-0.39, 0.29) is 5.97 Å². The molecular weight excluding hydrogens is 300 g/mol. The summed E-state index contributed by atoms with van der Waals surface area (Å²) in [5.74, 6) is -0.350. The van der Waals surface area contributed by atoms with E-state index in [0.29, 0.717) is 5.56 Å². The van der Waals surface area contributed by atoms with Gasteiger partial charge in [-0.2, -0.15) is 0 Å². The van der Waals surface area contributed by atoms with Crippen LogP contribution in [0.3, 0.4) is 0 Å². The zero-order chi connectivity index (χ0) is 9.68. The number of benzene rings is 1. The monoisotopic (exact) mass is 306 g/mol. The second kappa shape index (κ2) is 5.40. The summed E-state index contributed by atoms with van der Waals surface area (Å²) in [5.41, 5.74) is 1.60. The summed E-state index contributed by atoms with van der Waals surface area (Å²) in [6.07, 6.45) is 0.818. The molecule has 0 saturated carbocycles. The lowest BCUT2D eigenvalue weighted by Gasteiger charge is -2.03. The maximum atomic E-state index is 11.2. The normalized spacial score (nSPS) is 9.69. The summed E-state index contributed by atoms with van der Waals surface area (Å²) in [4.78, 5) is 11.2. The quantitative estimate of drug-likeness (QED) is 0.802. The maximum absolute atomic E-state index is 11.2. The molecular formula is C9H8Br2O2. The van der Waals surface area contributed by atoms with Gasteiger partial charge in [0, 0.05) is 5.33 Å². The molecule has 0 aromatic heterocycles. The van der Waals surface area contributed by atoms with E-state index in [1.807, 2.05) is 18.2 Å². The zero-order valence-corrected chi connectivity index (χ0v) is 9.97. The number of aryl methyl sites for hydroxylation is 1. The minimum absolute atomic E-state index is 0.350. The second-order valence-corrected chi connectivity index (χ2v) is 3.58. The van der Waals surface area contributed by atoms with Crippen LogP contribution in [-0.4, -0.2) is 11.3 Å². The first-order chi connectivity index (χ1) is 6.29. The van der Waals surface area contributed by atoms with E-state index in [1.165, 1.54) is 0 Å². The molecule has 70 valence electrons. The van der Waals surface area contributed by atoms with Crippen LogP contribution in [0.4, 0.5) is 0 Å². The van der Waals surface area contributed by atoms with Gasteiger partial charge in [0.2, 0.25) is 0 Å². The first-order valence-electron chi connectivity index (χ1n) is 3.76. The number of carbonyl (C=O) groups is 1. The largest absolute Gasteiger partial charge is 0.380 e. The third kappa shape index (κ3) is 2.81. The van der Waals surface area contributed by atoms with Gasteiger partial charge in [-0.05, 0) is 18.1 Å². The fourth-order valence-corrected chi connectivity index (χ4v) is 1.68. The van der Waals surface area contributed by atoms with Gasteiger partial charge in [-0.3, -0.25) is 0 Å². The summed E-state index contributed by atoms with van der Waals surface area (Å²) < 4.78 is 4.48. The number of alkyl halides is 1. The first-order valence-corrected chi connectivity index (χ1v) is 5.53. The second-order valence-electron chi connectivity index (χ2n) is 2.46. The van der Waals surface area contributed by atoms with Crippen LogP contribution >= 0.6 is 32.2 Å². The first kappa shape index (κ1) is 10.7. The highest BCUT2D eigenvalue weighted by atomic mass is 79.9. The number of hydrogen-bond donors (Lipinski definition) is 0. The molecule has 4 heteroatoms. The third-order valence-electron chi connectivity index (χ3n) is 1.67. The molecule has 1 aromatic rings. The lowest BCUT2D eigenvalue weighted by molar-refractivity contribution is 0.0781. The van der Waals surface area contributed by atoms with Crippen LogP contribution in [0.5, 0.6) is 0 Å². The third-order valence-corrected chi connectivity index (χ3v) is 2.36. The molecule has 0 aliphatic rings. The van der Waals surface area contributed by atoms with Gasteiger partial charge < -0.3 is 3.83 Å². The zero-order valence-electron chi connectivity index (χ0n) is 6.80. The highest BCUT2D eigenvalue weighted by Crippen LogP contribution is 2.12. The summed E-state index contributed by atoms with van der Waals surface area (Å²) in [7, 11) is 0. The standard InChI is InChI=1S/C9H8Br2O2/c10-6-5-7-3-1-2-4-8(7)9(12)13-11/h1-4H,5-6H2. The summed E-state index contributed by atoms with van der Waals surface area (Å²) >= 11 is 6.00. The highest BCUT2D eigenvalue weighted by molar-refractivity contribution is 9.09. The molecule has 0 aliphatic heterocycles. The molecule has 0 unspecified atom stereocenters. The van der Waals surface area contributed by atoms with E-state index in [4.69, 9.17) is 0 Å². The average Bonchev–Trinajstić information content (AvgIpc) is 2.18. The molecule has 0 radical (unpaired) electrons. The minimum Gasteiger partial charge on any atom is -0.380 e. The lowest BCUT2D eigenvalue weighted by Crippen LogP contribution is -2.03. The molecule has 0 saturated heterocycles. The fourth-order valence-electron chi connectivity index (χ4n) is 1.08. The van der Waals surface area contributed by atoms with Crippen molar-refractivity contribution in [3.63, 3.8) is 0 Å². The van der Waals surface area contributed by atoms with Crippen molar-refractivity contribution in [2.75, 3.05) is 5.33 Å². The van der Waals surface area contributed by atoms with Crippen molar-refractivity contribution < 1.29 is 8.62 Å². The van der Waals surface area contributed by atoms with Crippen molar-refractivity contribution in [2.24, 2.45) is 0 Å². The molecule has 0 fully saturated rings. The van der Waals surface area contributed by atoms with Gasteiger partial charge in [0.25, 0.3) is 0 Å². The summed E-state index contributed by atoms with van der Waals surface area (Å²) in [6, 6.07) is 7.39. The Bertz CT molecular complexity index is 299. The lowest BCUT2D eigenvalue weighted by atomic mass is 10.1. The van der Waals surface area contributed by atoms with Crippen LogP contribution in [-0.2, 0) is 10.2 Å². The Hall–Kier alpha value is -0.350. The minimum atomic E-state index is -0.350. The van der Waals surface area contributed by atoms with Crippen molar-refractivity contribution in [1.29, 1.82) is 0 Å². The predicted molar refractivity (Wildman–Crippen MR) is 58.3 cm³/mol. The molecule has 0 atom stereocenters. The van der Waals surface area contributed by atoms with Gasteiger partial charge in [0.15, 0.2) is 16.3 Å². The SMILES string of the molecule is O=C(OBr)c1ccccc1CCBr. The molecule has 2 nitrogen and oxygen atoms in total. The number of carbonyl (C=O) groups excluding carboxylic acids is 1. The van der Waals surface area contributed by atoms with Gasteiger partial charge in [0.1, 0.15) is 0 Å². The van der Waals surface area contributed by atoms with Crippen LogP contribution in [0, 0.1) is 0 Å². The van der Waals surface area contributed by atoms with Crippen molar-refractivity contribution in [3.8, 4) is 0 Å². The Morgan fingerprint density at radius 3 is 2.69 bits per heavy atom. The van der Waals surface area contributed by atoms with Crippen molar-refractivity contribution >= 4 is 38.2 Å². The summed E-state index contributed by atoms with van der Waals surface area (Å²) in [5, 5.41) is 0.833. The van der Waals surface area contributed by atoms with Crippen LogP contribution in [0.25, 0.3) is 0 Å². The van der Waals surface area contributed by atoms with Crippen LogP contribution in [0.1, 0.15) is 15.9 Å². The smallest absolute Gasteiger partial charge is 0.349 e. The number of halogens is 2. The van der Waals surface area contributed by atoms with E-state index in [1.54, 1.807) is 6.07 Å². The van der Waals surface area contributed by atoms with Gasteiger partial charge in [0.05, 0.1) is 5.56 Å². The topological polar surface area (TPSA) is 26.3 Å². The fraction of sp³-hybridized carbons (Fsp3) is 0.222. The maximum Gasteiger partial charge on any atom is 0.349 e. The Labute approximate surface area is 93.9 Å². The number of rotatable bonds is 3. The molecule has 0 spiro atoms. The predicted octanol–water partition coefficient (Wildman–Crippen LogP) is 3.09. The van der Waals surface area contributed by atoms with E-state index >= 15 is 0 Å². The molecule has 13 heavy (non-hydrogen) atoms. The molecule has 0 N–H and O–H groups in total. The number of hydrogen-bond acceptors (Lipinski definition) is 2. The van der Waals surface area contributed by atoms with Gasteiger partial charge in [-0.25, -0.2) is 4.79 Å². The molecule has 0 heterocycles. The van der Waals surface area contributed by atoms with Crippen LogP contribution < -0.4 is 0 Å². The van der Waals surface area contributed by atoms with E-state index in [9.17, 15) is 4.79 Å². The van der Waals surface area contributed by atoms with Gasteiger partial charge >= 0.3 is 5.97 Å². The van der Waals surface area contributed by atoms with E-state index in [0.717, 1.165) is 17.3 Å². The van der Waals surface area contributed by atoms with E-state index < -0.39 is 0 Å².